The number of hydrogen-bond donors (Lipinski definition) is 1. The van der Waals surface area contributed by atoms with E-state index in [9.17, 15) is 0 Å². The van der Waals surface area contributed by atoms with Crippen LogP contribution in [0.25, 0.3) is 11.0 Å². The molecule has 3 nitrogen and oxygen atoms in total. The second-order valence-corrected chi connectivity index (χ2v) is 5.88. The fourth-order valence-corrected chi connectivity index (χ4v) is 2.83. The first-order chi connectivity index (χ1) is 8.54. The van der Waals surface area contributed by atoms with Crippen molar-refractivity contribution in [3.63, 3.8) is 0 Å². The molecule has 0 bridgehead atoms. The van der Waals surface area contributed by atoms with E-state index in [0.29, 0.717) is 12.0 Å². The number of imidazole rings is 1. The van der Waals surface area contributed by atoms with Gasteiger partial charge in [-0.05, 0) is 62.5 Å². The van der Waals surface area contributed by atoms with Crippen LogP contribution in [0.1, 0.15) is 30.5 Å². The number of thioether (sulfide) groups is 1. The number of nitrogens with two attached hydrogens (primary N) is 1. The Bertz CT molecular complexity index is 560. The summed E-state index contributed by atoms with van der Waals surface area (Å²) in [6.45, 7) is 6.46. The lowest BCUT2D eigenvalue weighted by molar-refractivity contribution is 0.556. The quantitative estimate of drug-likeness (QED) is 0.917. The minimum atomic E-state index is 0.393. The molecule has 0 spiro atoms. The van der Waals surface area contributed by atoms with Crippen molar-refractivity contribution in [1.29, 1.82) is 0 Å². The van der Waals surface area contributed by atoms with Gasteiger partial charge in [0.1, 0.15) is 0 Å². The Morgan fingerprint density at radius 3 is 2.67 bits per heavy atom. The second kappa shape index (κ2) is 5.22. The number of aromatic nitrogens is 2. The van der Waals surface area contributed by atoms with Crippen LogP contribution in [0.5, 0.6) is 0 Å². The van der Waals surface area contributed by atoms with Crippen molar-refractivity contribution in [3.05, 3.63) is 23.3 Å². The van der Waals surface area contributed by atoms with Gasteiger partial charge in [0.15, 0.2) is 0 Å². The molecule has 0 aliphatic carbocycles. The zero-order chi connectivity index (χ0) is 13.3. The Morgan fingerprint density at radius 2 is 2.00 bits per heavy atom. The molecule has 1 aromatic carbocycles. The molecule has 0 saturated heterocycles. The Labute approximate surface area is 113 Å². The average Bonchev–Trinajstić information content (AvgIpc) is 2.62. The topological polar surface area (TPSA) is 43.8 Å². The summed E-state index contributed by atoms with van der Waals surface area (Å²) in [5.74, 6) is 1.77. The van der Waals surface area contributed by atoms with E-state index in [1.54, 1.807) is 0 Å². The smallest absolute Gasteiger partial charge is 0.201 e. The number of rotatable bonds is 4. The number of benzene rings is 1. The fourth-order valence-electron chi connectivity index (χ4n) is 2.25. The number of hydrogen-bond acceptors (Lipinski definition) is 3. The minimum Gasteiger partial charge on any atom is -0.369 e. The highest BCUT2D eigenvalue weighted by atomic mass is 32.2. The first-order valence-electron chi connectivity index (χ1n) is 6.28. The van der Waals surface area contributed by atoms with Gasteiger partial charge in [-0.15, -0.1) is 0 Å². The zero-order valence-electron chi connectivity index (χ0n) is 11.5. The van der Waals surface area contributed by atoms with Gasteiger partial charge in [-0.3, -0.25) is 0 Å². The third-order valence-electron chi connectivity index (χ3n) is 3.51. The highest BCUT2D eigenvalue weighted by Crippen LogP contribution is 2.27. The Balaban J connectivity index is 2.49. The summed E-state index contributed by atoms with van der Waals surface area (Å²) in [6.07, 6.45) is 3.25. The molecule has 2 aromatic rings. The van der Waals surface area contributed by atoms with E-state index >= 15 is 0 Å². The van der Waals surface area contributed by atoms with Crippen LogP contribution in [0.3, 0.4) is 0 Å². The van der Waals surface area contributed by atoms with Gasteiger partial charge >= 0.3 is 0 Å². The largest absolute Gasteiger partial charge is 0.369 e. The molecule has 0 aliphatic rings. The molecule has 0 saturated carbocycles. The lowest BCUT2D eigenvalue weighted by Crippen LogP contribution is -2.09. The van der Waals surface area contributed by atoms with Crippen molar-refractivity contribution < 1.29 is 0 Å². The van der Waals surface area contributed by atoms with Gasteiger partial charge < -0.3 is 10.3 Å². The highest BCUT2D eigenvalue weighted by Gasteiger charge is 2.14. The Kier molecular flexibility index (Phi) is 3.85. The number of aryl methyl sites for hydroxylation is 2. The maximum Gasteiger partial charge on any atom is 0.201 e. The van der Waals surface area contributed by atoms with E-state index < -0.39 is 0 Å². The van der Waals surface area contributed by atoms with Crippen LogP contribution < -0.4 is 5.73 Å². The maximum atomic E-state index is 6.07. The molecule has 1 atom stereocenters. The molecule has 0 fully saturated rings. The van der Waals surface area contributed by atoms with Crippen LogP contribution in [0.4, 0.5) is 5.95 Å². The average molecular weight is 263 g/mol. The molecule has 18 heavy (non-hydrogen) atoms. The molecule has 2 rings (SSSR count). The van der Waals surface area contributed by atoms with E-state index in [4.69, 9.17) is 5.73 Å². The van der Waals surface area contributed by atoms with Crippen molar-refractivity contribution >= 4 is 28.7 Å². The lowest BCUT2D eigenvalue weighted by atomic mass is 10.1. The van der Waals surface area contributed by atoms with Crippen LogP contribution in [0, 0.1) is 13.8 Å². The number of nitrogens with zero attached hydrogens (tertiary/aromatic N) is 2. The van der Waals surface area contributed by atoms with Gasteiger partial charge in [0, 0.05) is 6.04 Å². The van der Waals surface area contributed by atoms with Crippen molar-refractivity contribution in [1.82, 2.24) is 9.55 Å². The summed E-state index contributed by atoms with van der Waals surface area (Å²) >= 11 is 1.87. The standard InChI is InChI=1S/C14H21N3S/c1-9-7-12-13(8-10(9)2)17(14(15)16-12)11(3)5-6-18-4/h7-8,11H,5-6H2,1-4H3,(H2,15,16). The number of anilines is 1. The van der Waals surface area contributed by atoms with E-state index in [-0.39, 0.29) is 0 Å². The van der Waals surface area contributed by atoms with Crippen molar-refractivity contribution in [2.75, 3.05) is 17.7 Å². The van der Waals surface area contributed by atoms with Crippen LogP contribution in [-0.4, -0.2) is 21.6 Å². The fraction of sp³-hybridized carbons (Fsp3) is 0.500. The zero-order valence-corrected chi connectivity index (χ0v) is 12.3. The second-order valence-electron chi connectivity index (χ2n) is 4.90. The maximum absolute atomic E-state index is 6.07. The molecule has 0 radical (unpaired) electrons. The predicted molar refractivity (Wildman–Crippen MR) is 81.3 cm³/mol. The van der Waals surface area contributed by atoms with E-state index in [1.807, 2.05) is 11.8 Å². The monoisotopic (exact) mass is 263 g/mol. The number of nitrogen functional groups attached to an aromatic ring is 1. The molecular weight excluding hydrogens is 242 g/mol. The first-order valence-corrected chi connectivity index (χ1v) is 7.67. The molecule has 98 valence electrons. The van der Waals surface area contributed by atoms with Crippen molar-refractivity contribution in [3.8, 4) is 0 Å². The molecule has 0 aliphatic heterocycles. The highest BCUT2D eigenvalue weighted by molar-refractivity contribution is 7.98. The van der Waals surface area contributed by atoms with Crippen LogP contribution >= 0.6 is 11.8 Å². The minimum absolute atomic E-state index is 0.393. The summed E-state index contributed by atoms with van der Waals surface area (Å²) < 4.78 is 2.16. The summed E-state index contributed by atoms with van der Waals surface area (Å²) in [4.78, 5) is 4.48. The third kappa shape index (κ3) is 2.34. The van der Waals surface area contributed by atoms with Gasteiger partial charge in [-0.2, -0.15) is 11.8 Å². The number of fused-ring (bicyclic) bond motifs is 1. The summed E-state index contributed by atoms with van der Waals surface area (Å²) in [5, 5.41) is 0. The van der Waals surface area contributed by atoms with Gasteiger partial charge in [-0.1, -0.05) is 0 Å². The summed E-state index contributed by atoms with van der Waals surface area (Å²) in [5.41, 5.74) is 10.8. The van der Waals surface area contributed by atoms with Crippen LogP contribution in [0.15, 0.2) is 12.1 Å². The van der Waals surface area contributed by atoms with E-state index in [1.165, 1.54) is 11.1 Å². The molecule has 0 amide bonds. The summed E-state index contributed by atoms with van der Waals surface area (Å²) in [7, 11) is 0. The van der Waals surface area contributed by atoms with E-state index in [0.717, 1.165) is 23.2 Å². The SMILES string of the molecule is CSCCC(C)n1c(N)nc2cc(C)c(C)cc21. The molecule has 4 heteroatoms. The van der Waals surface area contributed by atoms with Crippen LogP contribution in [-0.2, 0) is 0 Å². The summed E-state index contributed by atoms with van der Waals surface area (Å²) in [6, 6.07) is 4.71. The molecule has 2 N–H and O–H groups in total. The third-order valence-corrected chi connectivity index (χ3v) is 4.16. The molecule has 1 unspecified atom stereocenters. The van der Waals surface area contributed by atoms with Gasteiger partial charge in [0.05, 0.1) is 11.0 Å². The Hall–Kier alpha value is -1.16. The molecule has 1 aromatic heterocycles. The van der Waals surface area contributed by atoms with E-state index in [2.05, 4.69) is 48.7 Å². The van der Waals surface area contributed by atoms with Gasteiger partial charge in [0.2, 0.25) is 5.95 Å². The molecule has 1 heterocycles. The normalized spacial score (nSPS) is 13.1. The van der Waals surface area contributed by atoms with Crippen LogP contribution in [0.2, 0.25) is 0 Å². The van der Waals surface area contributed by atoms with Crippen molar-refractivity contribution in [2.24, 2.45) is 0 Å². The first kappa shape index (κ1) is 13.3. The lowest BCUT2D eigenvalue weighted by Gasteiger charge is -2.15. The Morgan fingerprint density at radius 1 is 1.33 bits per heavy atom. The van der Waals surface area contributed by atoms with Crippen molar-refractivity contribution in [2.45, 2.75) is 33.2 Å². The van der Waals surface area contributed by atoms with Gasteiger partial charge in [-0.25, -0.2) is 4.98 Å². The predicted octanol–water partition coefficient (Wildman–Crippen LogP) is 3.55. The van der Waals surface area contributed by atoms with Gasteiger partial charge in [0.25, 0.3) is 0 Å². The molecular formula is C14H21N3S.